The third-order valence-corrected chi connectivity index (χ3v) is 3.82. The molecule has 0 bridgehead atoms. The molecule has 0 spiro atoms. The van der Waals surface area contributed by atoms with Gasteiger partial charge in [-0.2, -0.15) is 0 Å². The predicted octanol–water partition coefficient (Wildman–Crippen LogP) is 4.76. The quantitative estimate of drug-likeness (QED) is 0.466. The maximum absolute atomic E-state index is 4.55. The van der Waals surface area contributed by atoms with Crippen molar-refractivity contribution in [3.63, 3.8) is 0 Å². The van der Waals surface area contributed by atoms with E-state index in [0.717, 1.165) is 21.8 Å². The highest BCUT2D eigenvalue weighted by atomic mass is 14.7. The van der Waals surface area contributed by atoms with E-state index in [9.17, 15) is 0 Å². The van der Waals surface area contributed by atoms with Crippen molar-refractivity contribution in [1.29, 1.82) is 0 Å². The van der Waals surface area contributed by atoms with Gasteiger partial charge in [0.2, 0.25) is 0 Å². The molecule has 2 nitrogen and oxygen atoms in total. The summed E-state index contributed by atoms with van der Waals surface area (Å²) in [5.41, 5.74) is 5.61. The van der Waals surface area contributed by atoms with Crippen molar-refractivity contribution < 1.29 is 0 Å². The molecule has 0 amide bonds. The van der Waals surface area contributed by atoms with Gasteiger partial charge >= 0.3 is 0 Å². The van der Waals surface area contributed by atoms with Crippen LogP contribution in [0.2, 0.25) is 0 Å². The van der Waals surface area contributed by atoms with Gasteiger partial charge in [-0.1, -0.05) is 42.0 Å². The Bertz CT molecular complexity index is 940. The summed E-state index contributed by atoms with van der Waals surface area (Å²) in [5.74, 6) is 0. The molecule has 0 saturated heterocycles. The van der Waals surface area contributed by atoms with Crippen molar-refractivity contribution in [2.45, 2.75) is 6.92 Å². The molecule has 0 radical (unpaired) electrons. The van der Waals surface area contributed by atoms with Crippen LogP contribution in [0, 0.1) is 6.92 Å². The molecule has 0 saturated carbocycles. The van der Waals surface area contributed by atoms with Crippen LogP contribution in [0.1, 0.15) is 5.56 Å². The van der Waals surface area contributed by atoms with Gasteiger partial charge in [0.05, 0.1) is 11.0 Å². The summed E-state index contributed by atoms with van der Waals surface area (Å²) in [6.45, 7) is 2.10. The highest BCUT2D eigenvalue weighted by Gasteiger charge is 2.09. The monoisotopic (exact) mass is 270 g/mol. The van der Waals surface area contributed by atoms with E-state index in [-0.39, 0.29) is 0 Å². The van der Waals surface area contributed by atoms with Crippen LogP contribution < -0.4 is 0 Å². The first-order chi connectivity index (χ1) is 10.3. The zero-order valence-electron chi connectivity index (χ0n) is 11.7. The Morgan fingerprint density at radius 1 is 0.762 bits per heavy atom. The molecular formula is C19H14N2. The van der Waals surface area contributed by atoms with E-state index in [4.69, 9.17) is 0 Å². The number of aromatic nitrogens is 2. The fourth-order valence-corrected chi connectivity index (χ4v) is 2.75. The molecule has 2 aromatic heterocycles. The topological polar surface area (TPSA) is 25.8 Å². The molecule has 0 atom stereocenters. The first kappa shape index (κ1) is 12.0. The van der Waals surface area contributed by atoms with Gasteiger partial charge in [-0.25, -0.2) is 0 Å². The minimum Gasteiger partial charge on any atom is -0.254 e. The van der Waals surface area contributed by atoms with Crippen LogP contribution in [0.3, 0.4) is 0 Å². The number of hydrogen-bond acceptors (Lipinski definition) is 2. The fraction of sp³-hybridized carbons (Fsp3) is 0.0526. The van der Waals surface area contributed by atoms with Crippen LogP contribution in [-0.4, -0.2) is 9.97 Å². The van der Waals surface area contributed by atoms with E-state index in [1.165, 1.54) is 16.7 Å². The summed E-state index contributed by atoms with van der Waals surface area (Å²) >= 11 is 0. The summed E-state index contributed by atoms with van der Waals surface area (Å²) in [7, 11) is 0. The highest BCUT2D eigenvalue weighted by Crippen LogP contribution is 2.32. The van der Waals surface area contributed by atoms with Crippen molar-refractivity contribution in [1.82, 2.24) is 9.97 Å². The van der Waals surface area contributed by atoms with Gasteiger partial charge < -0.3 is 0 Å². The lowest BCUT2D eigenvalue weighted by molar-refractivity contribution is 1.37. The average molecular weight is 270 g/mol. The number of fused-ring (bicyclic) bond motifs is 3. The summed E-state index contributed by atoms with van der Waals surface area (Å²) in [6.07, 6.45) is 3.65. The Kier molecular flexibility index (Phi) is 2.68. The molecule has 4 rings (SSSR count). The van der Waals surface area contributed by atoms with E-state index >= 15 is 0 Å². The maximum atomic E-state index is 4.55. The zero-order valence-corrected chi connectivity index (χ0v) is 11.7. The van der Waals surface area contributed by atoms with E-state index in [2.05, 4.69) is 59.4 Å². The van der Waals surface area contributed by atoms with Crippen LogP contribution in [0.15, 0.2) is 67.0 Å². The van der Waals surface area contributed by atoms with Gasteiger partial charge in [0.25, 0.3) is 0 Å². The molecule has 100 valence electrons. The number of pyridine rings is 2. The summed E-state index contributed by atoms with van der Waals surface area (Å²) in [5, 5.41) is 2.27. The SMILES string of the molecule is Cc1ccc(-c2cc3cccnc3c3ncccc23)cc1. The normalized spacial score (nSPS) is 11.1. The van der Waals surface area contributed by atoms with Gasteiger partial charge in [0.15, 0.2) is 0 Å². The van der Waals surface area contributed by atoms with Crippen LogP contribution >= 0.6 is 0 Å². The summed E-state index contributed by atoms with van der Waals surface area (Å²) in [6, 6.07) is 19.0. The molecule has 2 heteroatoms. The van der Waals surface area contributed by atoms with Gasteiger partial charge in [0, 0.05) is 23.2 Å². The van der Waals surface area contributed by atoms with E-state index in [0.29, 0.717) is 0 Å². The van der Waals surface area contributed by atoms with Crippen molar-refractivity contribution in [2.75, 3.05) is 0 Å². The molecule has 2 heterocycles. The minimum absolute atomic E-state index is 0.962. The predicted molar refractivity (Wildman–Crippen MR) is 87.2 cm³/mol. The lowest BCUT2D eigenvalue weighted by Gasteiger charge is -2.09. The molecule has 0 unspecified atom stereocenters. The second-order valence-corrected chi connectivity index (χ2v) is 5.26. The molecule has 0 N–H and O–H groups in total. The standard InChI is InChI=1S/C19H14N2/c1-13-6-8-14(9-7-13)17-12-15-4-2-10-20-18(15)19-16(17)5-3-11-21-19/h2-12H,1H3. The molecular weight excluding hydrogens is 256 g/mol. The smallest absolute Gasteiger partial charge is 0.0970 e. The second-order valence-electron chi connectivity index (χ2n) is 5.26. The van der Waals surface area contributed by atoms with Gasteiger partial charge in [-0.3, -0.25) is 9.97 Å². The van der Waals surface area contributed by atoms with Gasteiger partial charge in [0.1, 0.15) is 0 Å². The lowest BCUT2D eigenvalue weighted by atomic mass is 9.97. The van der Waals surface area contributed by atoms with Crippen LogP contribution in [0.4, 0.5) is 0 Å². The zero-order chi connectivity index (χ0) is 14.2. The molecule has 0 fully saturated rings. The Morgan fingerprint density at radius 3 is 2.29 bits per heavy atom. The molecule has 4 aromatic rings. The average Bonchev–Trinajstić information content (AvgIpc) is 2.55. The summed E-state index contributed by atoms with van der Waals surface area (Å²) < 4.78 is 0. The van der Waals surface area contributed by atoms with Gasteiger partial charge in [-0.15, -0.1) is 0 Å². The first-order valence-corrected chi connectivity index (χ1v) is 7.02. The van der Waals surface area contributed by atoms with Crippen molar-refractivity contribution in [2.24, 2.45) is 0 Å². The Hall–Kier alpha value is -2.74. The highest BCUT2D eigenvalue weighted by molar-refractivity contribution is 6.09. The number of rotatable bonds is 1. The Morgan fingerprint density at radius 2 is 1.48 bits per heavy atom. The van der Waals surface area contributed by atoms with E-state index in [1.807, 2.05) is 24.5 Å². The molecule has 2 aromatic carbocycles. The van der Waals surface area contributed by atoms with E-state index in [1.54, 1.807) is 0 Å². The number of nitrogens with zero attached hydrogens (tertiary/aromatic N) is 2. The van der Waals surface area contributed by atoms with Crippen molar-refractivity contribution in [3.05, 3.63) is 72.6 Å². The number of hydrogen-bond donors (Lipinski definition) is 0. The molecule has 21 heavy (non-hydrogen) atoms. The number of benzene rings is 2. The van der Waals surface area contributed by atoms with Crippen molar-refractivity contribution >= 4 is 21.8 Å². The fourth-order valence-electron chi connectivity index (χ4n) is 2.75. The Labute approximate surface area is 123 Å². The third-order valence-electron chi connectivity index (χ3n) is 3.82. The van der Waals surface area contributed by atoms with Crippen molar-refractivity contribution in [3.8, 4) is 11.1 Å². The molecule has 0 aliphatic heterocycles. The first-order valence-electron chi connectivity index (χ1n) is 7.02. The number of aryl methyl sites for hydroxylation is 1. The molecule has 0 aliphatic rings. The van der Waals surface area contributed by atoms with Gasteiger partial charge in [-0.05, 0) is 36.2 Å². The largest absolute Gasteiger partial charge is 0.254 e. The third kappa shape index (κ3) is 1.96. The second kappa shape index (κ2) is 4.67. The Balaban J connectivity index is 2.13. The lowest BCUT2D eigenvalue weighted by Crippen LogP contribution is -1.88. The van der Waals surface area contributed by atoms with Crippen LogP contribution in [0.25, 0.3) is 32.9 Å². The summed E-state index contributed by atoms with van der Waals surface area (Å²) in [4.78, 5) is 9.05. The van der Waals surface area contributed by atoms with E-state index < -0.39 is 0 Å². The maximum Gasteiger partial charge on any atom is 0.0970 e. The van der Waals surface area contributed by atoms with Crippen LogP contribution in [0.5, 0.6) is 0 Å². The minimum atomic E-state index is 0.962. The molecule has 0 aliphatic carbocycles. The van der Waals surface area contributed by atoms with Crippen LogP contribution in [-0.2, 0) is 0 Å².